The zero-order chi connectivity index (χ0) is 23.5. The predicted octanol–water partition coefficient (Wildman–Crippen LogP) is 6.38. The molecule has 3 rings (SSSR count). The van der Waals surface area contributed by atoms with E-state index in [2.05, 4.69) is 32.9 Å². The summed E-state index contributed by atoms with van der Waals surface area (Å²) < 4.78 is 6.08. The van der Waals surface area contributed by atoms with Crippen LogP contribution in [0.1, 0.15) is 70.4 Å². The Bertz CT molecular complexity index is 951. The largest absolute Gasteiger partial charge is 0.480 e. The summed E-state index contributed by atoms with van der Waals surface area (Å²) in [5.41, 5.74) is 2.18. The van der Waals surface area contributed by atoms with Crippen molar-refractivity contribution in [3.05, 3.63) is 59.7 Å². The topological polar surface area (TPSA) is 66.8 Å². The number of carboxylic acid groups (broad SMARTS) is 1. The Morgan fingerprint density at radius 2 is 1.84 bits per heavy atom. The number of thioether (sulfide) groups is 1. The highest BCUT2D eigenvalue weighted by Gasteiger charge is 2.44. The van der Waals surface area contributed by atoms with Crippen molar-refractivity contribution in [2.45, 2.75) is 76.0 Å². The van der Waals surface area contributed by atoms with Gasteiger partial charge in [-0.1, -0.05) is 64.8 Å². The van der Waals surface area contributed by atoms with Gasteiger partial charge in [0.2, 0.25) is 5.91 Å². The summed E-state index contributed by atoms with van der Waals surface area (Å²) in [6.45, 7) is 10.4. The molecule has 1 N–H and O–H groups in total. The number of hydrogen-bond acceptors (Lipinski definition) is 4. The monoisotopic (exact) mass is 455 g/mol. The number of rotatable bonds is 8. The third-order valence-corrected chi connectivity index (χ3v) is 7.11. The normalized spacial score (nSPS) is 19.8. The maximum Gasteiger partial charge on any atom is 0.326 e. The molecule has 2 aromatic rings. The molecule has 1 saturated heterocycles. The molecule has 0 aromatic heterocycles. The number of benzene rings is 2. The van der Waals surface area contributed by atoms with E-state index in [1.165, 1.54) is 17.3 Å². The van der Waals surface area contributed by atoms with Crippen molar-refractivity contribution in [3.63, 3.8) is 0 Å². The summed E-state index contributed by atoms with van der Waals surface area (Å²) in [4.78, 5) is 26.5. The van der Waals surface area contributed by atoms with Crippen LogP contribution in [0.3, 0.4) is 0 Å². The van der Waals surface area contributed by atoms with E-state index in [1.807, 2.05) is 50.2 Å². The summed E-state index contributed by atoms with van der Waals surface area (Å²) in [5.74, 6) is 0.339. The van der Waals surface area contributed by atoms with Gasteiger partial charge in [0, 0.05) is 0 Å². The maximum absolute atomic E-state index is 12.9. The molecule has 1 aliphatic heterocycles. The minimum atomic E-state index is -0.946. The summed E-state index contributed by atoms with van der Waals surface area (Å²) in [7, 11) is 0. The van der Waals surface area contributed by atoms with Gasteiger partial charge in [-0.05, 0) is 54.2 Å². The molecule has 2 unspecified atom stereocenters. The van der Waals surface area contributed by atoms with Gasteiger partial charge in [-0.3, -0.25) is 4.79 Å². The smallest absolute Gasteiger partial charge is 0.326 e. The minimum Gasteiger partial charge on any atom is -0.480 e. The summed E-state index contributed by atoms with van der Waals surface area (Å²) in [6.07, 6.45) is 2.11. The van der Waals surface area contributed by atoms with Crippen LogP contribution in [0.5, 0.6) is 11.5 Å². The van der Waals surface area contributed by atoms with E-state index in [-0.39, 0.29) is 21.9 Å². The van der Waals surface area contributed by atoms with Crippen molar-refractivity contribution in [1.82, 2.24) is 4.90 Å². The van der Waals surface area contributed by atoms with Gasteiger partial charge < -0.3 is 14.7 Å². The van der Waals surface area contributed by atoms with Crippen LogP contribution in [-0.4, -0.2) is 33.2 Å². The van der Waals surface area contributed by atoms with Crippen LogP contribution < -0.4 is 4.74 Å². The molecule has 0 radical (unpaired) electrons. The standard InChI is InChI=1S/C26H33NO4S/c1-6-7-11-22(25(29)30)27-23(28)17(2)32-24(27)18-9-8-10-21(16-18)31-20-14-12-19(13-15-20)26(3,4)5/h8-10,12-17,22,24H,6-7,11H2,1-5H3,(H,29,30)/t17?,22-,24?/m1/s1. The maximum atomic E-state index is 12.9. The second-order valence-corrected chi connectivity index (χ2v) is 10.7. The van der Waals surface area contributed by atoms with Crippen molar-refractivity contribution in [1.29, 1.82) is 0 Å². The molecule has 5 nitrogen and oxygen atoms in total. The Kier molecular flexibility index (Phi) is 7.55. The van der Waals surface area contributed by atoms with E-state index >= 15 is 0 Å². The highest BCUT2D eigenvalue weighted by molar-refractivity contribution is 8.01. The van der Waals surface area contributed by atoms with Gasteiger partial charge in [-0.2, -0.15) is 0 Å². The zero-order valence-electron chi connectivity index (χ0n) is 19.5. The molecule has 172 valence electrons. The average Bonchev–Trinajstić information content (AvgIpc) is 3.03. The number of hydrogen-bond donors (Lipinski definition) is 1. The highest BCUT2D eigenvalue weighted by Crippen LogP contribution is 2.45. The minimum absolute atomic E-state index is 0.0727. The SMILES string of the molecule is CCCC[C@H](C(=O)O)N1C(=O)C(C)SC1c1cccc(Oc2ccc(C(C)(C)C)cc2)c1. The molecular formula is C26H33NO4S. The van der Waals surface area contributed by atoms with Crippen LogP contribution >= 0.6 is 11.8 Å². The van der Waals surface area contributed by atoms with Crippen molar-refractivity contribution in [2.24, 2.45) is 0 Å². The predicted molar refractivity (Wildman–Crippen MR) is 129 cm³/mol. The molecule has 0 spiro atoms. The van der Waals surface area contributed by atoms with Crippen LogP contribution in [0, 0.1) is 0 Å². The molecular weight excluding hydrogens is 422 g/mol. The fraction of sp³-hybridized carbons (Fsp3) is 0.462. The Balaban J connectivity index is 1.85. The van der Waals surface area contributed by atoms with Crippen molar-refractivity contribution < 1.29 is 19.4 Å². The number of amides is 1. The molecule has 2 aromatic carbocycles. The van der Waals surface area contributed by atoms with Crippen molar-refractivity contribution in [2.75, 3.05) is 0 Å². The lowest BCUT2D eigenvalue weighted by molar-refractivity contribution is -0.150. The third-order valence-electron chi connectivity index (χ3n) is 5.74. The van der Waals surface area contributed by atoms with Gasteiger partial charge in [-0.25, -0.2) is 4.79 Å². The van der Waals surface area contributed by atoms with Crippen LogP contribution in [0.4, 0.5) is 0 Å². The average molecular weight is 456 g/mol. The van der Waals surface area contributed by atoms with Gasteiger partial charge in [-0.15, -0.1) is 11.8 Å². The molecule has 1 heterocycles. The lowest BCUT2D eigenvalue weighted by Gasteiger charge is -2.30. The second kappa shape index (κ2) is 9.99. The fourth-order valence-corrected chi connectivity index (χ4v) is 5.18. The first kappa shape index (κ1) is 24.2. The van der Waals surface area contributed by atoms with Crippen molar-refractivity contribution in [3.8, 4) is 11.5 Å². The lowest BCUT2D eigenvalue weighted by atomic mass is 9.87. The number of aliphatic carboxylic acids is 1. The molecule has 6 heteroatoms. The van der Waals surface area contributed by atoms with Crippen LogP contribution in [0.15, 0.2) is 48.5 Å². The highest BCUT2D eigenvalue weighted by atomic mass is 32.2. The second-order valence-electron chi connectivity index (χ2n) is 9.32. The van der Waals surface area contributed by atoms with Gasteiger partial charge in [0.1, 0.15) is 22.9 Å². The molecule has 0 saturated carbocycles. The Morgan fingerprint density at radius 3 is 2.44 bits per heavy atom. The van der Waals surface area contributed by atoms with E-state index in [0.717, 1.165) is 24.2 Å². The molecule has 0 aliphatic carbocycles. The Labute approximate surface area is 195 Å². The van der Waals surface area contributed by atoms with Gasteiger partial charge >= 0.3 is 5.97 Å². The molecule has 32 heavy (non-hydrogen) atoms. The molecule has 1 aliphatic rings. The number of carbonyl (C=O) groups excluding carboxylic acids is 1. The van der Waals surface area contributed by atoms with Crippen LogP contribution in [-0.2, 0) is 15.0 Å². The number of carbonyl (C=O) groups is 2. The summed E-state index contributed by atoms with van der Waals surface area (Å²) in [6, 6.07) is 14.8. The van der Waals surface area contributed by atoms with E-state index in [4.69, 9.17) is 4.74 Å². The number of nitrogens with zero attached hydrogens (tertiary/aromatic N) is 1. The first-order valence-corrected chi connectivity index (χ1v) is 12.1. The lowest BCUT2D eigenvalue weighted by Crippen LogP contribution is -2.44. The van der Waals surface area contributed by atoms with E-state index in [9.17, 15) is 14.7 Å². The van der Waals surface area contributed by atoms with E-state index in [0.29, 0.717) is 12.2 Å². The van der Waals surface area contributed by atoms with E-state index < -0.39 is 12.0 Å². The molecule has 0 bridgehead atoms. The Morgan fingerprint density at radius 1 is 1.16 bits per heavy atom. The first-order chi connectivity index (χ1) is 15.1. The third kappa shape index (κ3) is 5.47. The van der Waals surface area contributed by atoms with Gasteiger partial charge in [0.25, 0.3) is 0 Å². The molecule has 1 amide bonds. The van der Waals surface area contributed by atoms with Crippen molar-refractivity contribution >= 4 is 23.6 Å². The summed E-state index contributed by atoms with van der Waals surface area (Å²) in [5, 5.41) is 9.21. The molecule has 3 atom stereocenters. The van der Waals surface area contributed by atoms with Crippen LogP contribution in [0.25, 0.3) is 0 Å². The number of carboxylic acids is 1. The van der Waals surface area contributed by atoms with Gasteiger partial charge in [0.15, 0.2) is 0 Å². The quantitative estimate of drug-likeness (QED) is 0.500. The fourth-order valence-electron chi connectivity index (χ4n) is 3.87. The molecule has 1 fully saturated rings. The number of unbranched alkanes of at least 4 members (excludes halogenated alkanes) is 1. The van der Waals surface area contributed by atoms with Crippen LogP contribution in [0.2, 0.25) is 0 Å². The Hall–Kier alpha value is -2.47. The number of ether oxygens (including phenoxy) is 1. The summed E-state index contributed by atoms with van der Waals surface area (Å²) >= 11 is 1.49. The van der Waals surface area contributed by atoms with Gasteiger partial charge in [0.05, 0.1) is 5.25 Å². The zero-order valence-corrected chi connectivity index (χ0v) is 20.3. The van der Waals surface area contributed by atoms with E-state index in [1.54, 1.807) is 4.90 Å². The first-order valence-electron chi connectivity index (χ1n) is 11.2.